The number of nitrogens with two attached hydrogens (primary N) is 1. The second-order valence-corrected chi connectivity index (χ2v) is 5.58. The van der Waals surface area contributed by atoms with Crippen LogP contribution in [0.5, 0.6) is 0 Å². The van der Waals surface area contributed by atoms with E-state index in [1.54, 1.807) is 23.6 Å². The predicted molar refractivity (Wildman–Crippen MR) is 83.9 cm³/mol. The first kappa shape index (κ1) is 15.1. The van der Waals surface area contributed by atoms with E-state index in [2.05, 4.69) is 5.32 Å². The molecule has 3 N–H and O–H groups in total. The SMILES string of the molecule is COC(=O)c1scc(C)c1NC(=O)c1cc(C)cc(N)c1. The van der Waals surface area contributed by atoms with Gasteiger partial charge < -0.3 is 15.8 Å². The van der Waals surface area contributed by atoms with E-state index in [0.29, 0.717) is 21.8 Å². The highest BCUT2D eigenvalue weighted by Crippen LogP contribution is 2.29. The Kier molecular flexibility index (Phi) is 4.28. The van der Waals surface area contributed by atoms with Gasteiger partial charge in [-0.25, -0.2) is 4.79 Å². The molecule has 1 heterocycles. The van der Waals surface area contributed by atoms with Crippen LogP contribution in [0.1, 0.15) is 31.2 Å². The molecule has 0 aliphatic carbocycles. The summed E-state index contributed by atoms with van der Waals surface area (Å²) in [6, 6.07) is 5.12. The number of thiophene rings is 1. The van der Waals surface area contributed by atoms with Crippen LogP contribution in [0.15, 0.2) is 23.6 Å². The Balaban J connectivity index is 2.31. The van der Waals surface area contributed by atoms with Crippen LogP contribution in [0.4, 0.5) is 11.4 Å². The number of nitrogens with one attached hydrogen (secondary N) is 1. The average Bonchev–Trinajstić information content (AvgIpc) is 2.78. The lowest BCUT2D eigenvalue weighted by atomic mass is 10.1. The summed E-state index contributed by atoms with van der Waals surface area (Å²) in [4.78, 5) is 24.4. The normalized spacial score (nSPS) is 10.2. The second-order valence-electron chi connectivity index (χ2n) is 4.70. The van der Waals surface area contributed by atoms with Gasteiger partial charge in [-0.1, -0.05) is 0 Å². The molecule has 0 unspecified atom stereocenters. The van der Waals surface area contributed by atoms with E-state index in [1.807, 2.05) is 13.8 Å². The minimum atomic E-state index is -0.466. The number of methoxy groups -OCH3 is 1. The molecule has 110 valence electrons. The highest BCUT2D eigenvalue weighted by molar-refractivity contribution is 7.12. The van der Waals surface area contributed by atoms with Gasteiger partial charge >= 0.3 is 5.97 Å². The van der Waals surface area contributed by atoms with E-state index in [1.165, 1.54) is 18.4 Å². The fourth-order valence-corrected chi connectivity index (χ4v) is 2.89. The van der Waals surface area contributed by atoms with Crippen LogP contribution in [0, 0.1) is 13.8 Å². The third-order valence-electron chi connectivity index (χ3n) is 2.95. The Morgan fingerprint density at radius 1 is 1.24 bits per heavy atom. The van der Waals surface area contributed by atoms with Gasteiger partial charge in [0.1, 0.15) is 4.88 Å². The zero-order valence-corrected chi connectivity index (χ0v) is 12.8. The summed E-state index contributed by atoms with van der Waals surface area (Å²) in [5, 5.41) is 4.56. The lowest BCUT2D eigenvalue weighted by Crippen LogP contribution is -2.15. The first-order valence-corrected chi connectivity index (χ1v) is 7.15. The van der Waals surface area contributed by atoms with Gasteiger partial charge in [0.2, 0.25) is 0 Å². The van der Waals surface area contributed by atoms with Gasteiger partial charge in [-0.2, -0.15) is 0 Å². The van der Waals surface area contributed by atoms with Crippen molar-refractivity contribution in [2.24, 2.45) is 0 Å². The number of ether oxygens (including phenoxy) is 1. The predicted octanol–water partition coefficient (Wildman–Crippen LogP) is 2.99. The van der Waals surface area contributed by atoms with E-state index < -0.39 is 5.97 Å². The number of anilines is 2. The number of benzene rings is 1. The Bertz CT molecular complexity index is 687. The third-order valence-corrected chi connectivity index (χ3v) is 4.02. The second kappa shape index (κ2) is 5.97. The topological polar surface area (TPSA) is 81.4 Å². The fourth-order valence-electron chi connectivity index (χ4n) is 1.97. The number of esters is 1. The molecule has 2 rings (SSSR count). The molecule has 0 atom stereocenters. The third kappa shape index (κ3) is 3.22. The lowest BCUT2D eigenvalue weighted by molar-refractivity contribution is 0.0607. The largest absolute Gasteiger partial charge is 0.465 e. The maximum absolute atomic E-state index is 12.3. The van der Waals surface area contributed by atoms with E-state index in [0.717, 1.165) is 11.1 Å². The maximum Gasteiger partial charge on any atom is 0.350 e. The van der Waals surface area contributed by atoms with Crippen molar-refractivity contribution in [3.05, 3.63) is 45.1 Å². The number of carbonyl (C=O) groups excluding carboxylic acids is 2. The minimum absolute atomic E-state index is 0.308. The van der Waals surface area contributed by atoms with Crippen LogP contribution in [0.25, 0.3) is 0 Å². The maximum atomic E-state index is 12.3. The van der Waals surface area contributed by atoms with Crippen LogP contribution >= 0.6 is 11.3 Å². The molecular formula is C15H16N2O3S. The number of aryl methyl sites for hydroxylation is 2. The van der Waals surface area contributed by atoms with Gasteiger partial charge in [-0.05, 0) is 48.6 Å². The average molecular weight is 304 g/mol. The van der Waals surface area contributed by atoms with Gasteiger partial charge in [0.15, 0.2) is 0 Å². The van der Waals surface area contributed by atoms with Crippen molar-refractivity contribution >= 4 is 34.6 Å². The lowest BCUT2D eigenvalue weighted by Gasteiger charge is -2.08. The highest BCUT2D eigenvalue weighted by Gasteiger charge is 2.19. The van der Waals surface area contributed by atoms with Crippen LogP contribution in [0.3, 0.4) is 0 Å². The van der Waals surface area contributed by atoms with Crippen molar-refractivity contribution in [2.75, 3.05) is 18.2 Å². The van der Waals surface area contributed by atoms with Gasteiger partial charge in [0, 0.05) is 11.3 Å². The molecule has 6 heteroatoms. The Morgan fingerprint density at radius 2 is 1.95 bits per heavy atom. The molecule has 0 saturated heterocycles. The molecule has 0 fully saturated rings. The first-order valence-electron chi connectivity index (χ1n) is 6.27. The Morgan fingerprint density at radius 3 is 2.57 bits per heavy atom. The number of hydrogen-bond acceptors (Lipinski definition) is 5. The highest BCUT2D eigenvalue weighted by atomic mass is 32.1. The van der Waals surface area contributed by atoms with Crippen LogP contribution in [-0.4, -0.2) is 19.0 Å². The van der Waals surface area contributed by atoms with Crippen molar-refractivity contribution in [3.8, 4) is 0 Å². The van der Waals surface area contributed by atoms with E-state index in [9.17, 15) is 9.59 Å². The molecule has 1 amide bonds. The summed E-state index contributed by atoms with van der Waals surface area (Å²) >= 11 is 1.24. The van der Waals surface area contributed by atoms with Gasteiger partial charge in [0.05, 0.1) is 12.8 Å². The van der Waals surface area contributed by atoms with Gasteiger partial charge in [-0.3, -0.25) is 4.79 Å². The molecule has 5 nitrogen and oxygen atoms in total. The van der Waals surface area contributed by atoms with Crippen molar-refractivity contribution in [1.29, 1.82) is 0 Å². The molecule has 0 spiro atoms. The quantitative estimate of drug-likeness (QED) is 0.674. The zero-order valence-electron chi connectivity index (χ0n) is 12.0. The standard InChI is InChI=1S/C15H16N2O3S/c1-8-4-10(6-11(16)5-8)14(18)17-12-9(2)7-21-13(12)15(19)20-3/h4-7H,16H2,1-3H3,(H,17,18). The Hall–Kier alpha value is -2.34. The molecule has 21 heavy (non-hydrogen) atoms. The number of amides is 1. The molecule has 0 aliphatic rings. The zero-order chi connectivity index (χ0) is 15.6. The summed E-state index contributed by atoms with van der Waals surface area (Å²) in [5.41, 5.74) is 8.92. The van der Waals surface area contributed by atoms with Crippen molar-refractivity contribution in [2.45, 2.75) is 13.8 Å². The smallest absolute Gasteiger partial charge is 0.350 e. The summed E-state index contributed by atoms with van der Waals surface area (Å²) in [5.74, 6) is -0.774. The van der Waals surface area contributed by atoms with Crippen molar-refractivity contribution < 1.29 is 14.3 Å². The first-order chi connectivity index (χ1) is 9.92. The summed E-state index contributed by atoms with van der Waals surface area (Å²) in [6.07, 6.45) is 0. The van der Waals surface area contributed by atoms with Gasteiger partial charge in [0.25, 0.3) is 5.91 Å². The van der Waals surface area contributed by atoms with Crippen LogP contribution < -0.4 is 11.1 Å². The molecule has 1 aromatic heterocycles. The molecule has 0 saturated carbocycles. The summed E-state index contributed by atoms with van der Waals surface area (Å²) in [7, 11) is 1.31. The Labute approximate surface area is 126 Å². The fraction of sp³-hybridized carbons (Fsp3) is 0.200. The summed E-state index contributed by atoms with van der Waals surface area (Å²) < 4.78 is 4.72. The number of hydrogen-bond donors (Lipinski definition) is 2. The molecular weight excluding hydrogens is 288 g/mol. The number of rotatable bonds is 3. The minimum Gasteiger partial charge on any atom is -0.465 e. The molecule has 0 radical (unpaired) electrons. The van der Waals surface area contributed by atoms with E-state index in [-0.39, 0.29) is 5.91 Å². The van der Waals surface area contributed by atoms with Crippen molar-refractivity contribution in [1.82, 2.24) is 0 Å². The van der Waals surface area contributed by atoms with E-state index >= 15 is 0 Å². The molecule has 2 aromatic rings. The van der Waals surface area contributed by atoms with Crippen LogP contribution in [0.2, 0.25) is 0 Å². The van der Waals surface area contributed by atoms with Crippen LogP contribution in [-0.2, 0) is 4.74 Å². The van der Waals surface area contributed by atoms with Crippen molar-refractivity contribution in [3.63, 3.8) is 0 Å². The van der Waals surface area contributed by atoms with E-state index in [4.69, 9.17) is 10.5 Å². The monoisotopic (exact) mass is 304 g/mol. The number of nitrogen functional groups attached to an aromatic ring is 1. The molecule has 0 bridgehead atoms. The van der Waals surface area contributed by atoms with Gasteiger partial charge in [-0.15, -0.1) is 11.3 Å². The molecule has 0 aliphatic heterocycles. The summed E-state index contributed by atoms with van der Waals surface area (Å²) in [6.45, 7) is 3.69. The molecule has 1 aromatic carbocycles. The number of carbonyl (C=O) groups is 2.